The standard InChI is InChI=1S/C25H18F3N3O2/c1-16-6-5-9-18(10-16)22-12-21(25(26,27)28)20(13-29)24(32)31(22)14-19-15-33-23(30-19)11-17-7-3-2-4-8-17/h2-10,12,15H,11,14H2,1H3. The third-order valence-electron chi connectivity index (χ3n) is 5.15. The lowest BCUT2D eigenvalue weighted by Gasteiger charge is -2.17. The number of pyridine rings is 1. The number of alkyl halides is 3. The van der Waals surface area contributed by atoms with E-state index < -0.39 is 22.9 Å². The number of hydrogen-bond acceptors (Lipinski definition) is 4. The Labute approximate surface area is 187 Å². The highest BCUT2D eigenvalue weighted by Gasteiger charge is 2.36. The summed E-state index contributed by atoms with van der Waals surface area (Å²) >= 11 is 0. The molecule has 0 aliphatic carbocycles. The highest BCUT2D eigenvalue weighted by molar-refractivity contribution is 5.63. The topological polar surface area (TPSA) is 71.8 Å². The van der Waals surface area contributed by atoms with Crippen LogP contribution in [0.3, 0.4) is 0 Å². The van der Waals surface area contributed by atoms with Crippen LogP contribution in [-0.2, 0) is 19.1 Å². The van der Waals surface area contributed by atoms with Crippen LogP contribution in [0.4, 0.5) is 13.2 Å². The minimum absolute atomic E-state index is 0.0441. The summed E-state index contributed by atoms with van der Waals surface area (Å²) in [4.78, 5) is 17.4. The molecule has 0 unspecified atom stereocenters. The Bertz CT molecular complexity index is 1400. The predicted molar refractivity (Wildman–Crippen MR) is 115 cm³/mol. The average Bonchev–Trinajstić information content (AvgIpc) is 3.21. The largest absolute Gasteiger partial charge is 0.448 e. The molecule has 33 heavy (non-hydrogen) atoms. The van der Waals surface area contributed by atoms with Crippen LogP contribution >= 0.6 is 0 Å². The fourth-order valence-electron chi connectivity index (χ4n) is 3.61. The first-order valence-corrected chi connectivity index (χ1v) is 10.1. The molecule has 0 radical (unpaired) electrons. The van der Waals surface area contributed by atoms with Gasteiger partial charge in [0.1, 0.15) is 17.9 Å². The Morgan fingerprint density at radius 3 is 2.52 bits per heavy atom. The van der Waals surface area contributed by atoms with Crippen molar-refractivity contribution >= 4 is 0 Å². The summed E-state index contributed by atoms with van der Waals surface area (Å²) < 4.78 is 47.5. The first-order chi connectivity index (χ1) is 15.8. The Hall–Kier alpha value is -4.12. The molecule has 0 N–H and O–H groups in total. The van der Waals surface area contributed by atoms with Crippen molar-refractivity contribution in [2.75, 3.05) is 0 Å². The van der Waals surface area contributed by atoms with Crippen LogP contribution in [0.15, 0.2) is 76.1 Å². The lowest BCUT2D eigenvalue weighted by molar-refractivity contribution is -0.137. The zero-order valence-electron chi connectivity index (χ0n) is 17.6. The maximum absolute atomic E-state index is 13.6. The van der Waals surface area contributed by atoms with Gasteiger partial charge >= 0.3 is 6.18 Å². The van der Waals surface area contributed by atoms with Crippen molar-refractivity contribution in [2.45, 2.75) is 26.1 Å². The minimum atomic E-state index is -4.85. The number of rotatable bonds is 5. The van der Waals surface area contributed by atoms with E-state index in [1.165, 1.54) is 12.3 Å². The van der Waals surface area contributed by atoms with Crippen molar-refractivity contribution in [3.8, 4) is 17.3 Å². The van der Waals surface area contributed by atoms with E-state index >= 15 is 0 Å². The zero-order valence-corrected chi connectivity index (χ0v) is 17.6. The van der Waals surface area contributed by atoms with Crippen molar-refractivity contribution < 1.29 is 17.6 Å². The molecule has 0 amide bonds. The second-order valence-electron chi connectivity index (χ2n) is 7.58. The summed E-state index contributed by atoms with van der Waals surface area (Å²) in [6.07, 6.45) is -3.05. The number of nitrogens with zero attached hydrogens (tertiary/aromatic N) is 3. The number of oxazole rings is 1. The Morgan fingerprint density at radius 1 is 1.09 bits per heavy atom. The molecule has 2 aromatic heterocycles. The third-order valence-corrected chi connectivity index (χ3v) is 5.15. The van der Waals surface area contributed by atoms with Crippen LogP contribution in [0.1, 0.15) is 33.8 Å². The van der Waals surface area contributed by atoms with Gasteiger partial charge in [0.2, 0.25) is 0 Å². The van der Waals surface area contributed by atoms with E-state index in [1.807, 2.05) is 30.3 Å². The summed E-state index contributed by atoms with van der Waals surface area (Å²) in [6.45, 7) is 1.65. The van der Waals surface area contributed by atoms with Gasteiger partial charge in [-0.3, -0.25) is 4.79 Å². The average molecular weight is 449 g/mol. The van der Waals surface area contributed by atoms with Gasteiger partial charge in [-0.05, 0) is 30.2 Å². The molecule has 0 atom stereocenters. The second kappa shape index (κ2) is 8.79. The number of nitriles is 1. The maximum atomic E-state index is 13.6. The summed E-state index contributed by atoms with van der Waals surface area (Å²) in [5, 5.41) is 9.33. The molecule has 0 aliphatic rings. The quantitative estimate of drug-likeness (QED) is 0.412. The molecule has 0 saturated heterocycles. The van der Waals surface area contributed by atoms with Crippen LogP contribution in [0.2, 0.25) is 0 Å². The highest BCUT2D eigenvalue weighted by atomic mass is 19.4. The molecule has 0 spiro atoms. The van der Waals surface area contributed by atoms with E-state index in [9.17, 15) is 23.2 Å². The van der Waals surface area contributed by atoms with Crippen molar-refractivity contribution in [2.24, 2.45) is 0 Å². The molecule has 4 aromatic rings. The van der Waals surface area contributed by atoms with Crippen molar-refractivity contribution in [1.82, 2.24) is 9.55 Å². The molecule has 0 saturated carbocycles. The van der Waals surface area contributed by atoms with E-state index in [0.717, 1.165) is 21.8 Å². The smallest absolute Gasteiger partial charge is 0.417 e. The molecule has 8 heteroatoms. The van der Waals surface area contributed by atoms with E-state index in [4.69, 9.17) is 4.42 Å². The van der Waals surface area contributed by atoms with Crippen LogP contribution in [0, 0.1) is 18.3 Å². The van der Waals surface area contributed by atoms with Gasteiger partial charge in [-0.15, -0.1) is 0 Å². The first kappa shape index (κ1) is 22.1. The molecule has 166 valence electrons. The highest BCUT2D eigenvalue weighted by Crippen LogP contribution is 2.34. The maximum Gasteiger partial charge on any atom is 0.417 e. The summed E-state index contributed by atoms with van der Waals surface area (Å²) in [5.41, 5.74) is -0.616. The SMILES string of the molecule is Cc1cccc(-c2cc(C(F)(F)F)c(C#N)c(=O)n2Cc2coc(Cc3ccccc3)n2)c1. The van der Waals surface area contributed by atoms with Crippen molar-refractivity contribution in [1.29, 1.82) is 5.26 Å². The van der Waals surface area contributed by atoms with Gasteiger partial charge < -0.3 is 8.98 Å². The molecule has 4 rings (SSSR count). The molecule has 2 heterocycles. The second-order valence-corrected chi connectivity index (χ2v) is 7.58. The van der Waals surface area contributed by atoms with E-state index in [0.29, 0.717) is 23.6 Å². The molecule has 0 fully saturated rings. The van der Waals surface area contributed by atoms with E-state index in [1.54, 1.807) is 31.2 Å². The summed E-state index contributed by atoms with van der Waals surface area (Å²) in [7, 11) is 0. The minimum Gasteiger partial charge on any atom is -0.448 e. The van der Waals surface area contributed by atoms with Crippen LogP contribution in [0.5, 0.6) is 0 Å². The number of aromatic nitrogens is 2. The van der Waals surface area contributed by atoms with Gasteiger partial charge in [-0.25, -0.2) is 4.98 Å². The lowest BCUT2D eigenvalue weighted by Crippen LogP contribution is -2.28. The molecule has 0 aliphatic heterocycles. The monoisotopic (exact) mass is 449 g/mol. The van der Waals surface area contributed by atoms with Crippen molar-refractivity contribution in [3.63, 3.8) is 0 Å². The third kappa shape index (κ3) is 4.72. The number of benzene rings is 2. The van der Waals surface area contributed by atoms with Gasteiger partial charge in [0, 0.05) is 6.42 Å². The normalized spacial score (nSPS) is 11.4. The fraction of sp³-hybridized carbons (Fsp3) is 0.160. The van der Waals surface area contributed by atoms with Crippen LogP contribution in [0.25, 0.3) is 11.3 Å². The molecule has 0 bridgehead atoms. The first-order valence-electron chi connectivity index (χ1n) is 10.1. The Kier molecular flexibility index (Phi) is 5.88. The number of halogens is 3. The summed E-state index contributed by atoms with van der Waals surface area (Å²) in [5.74, 6) is 0.411. The van der Waals surface area contributed by atoms with Gasteiger partial charge in [0.25, 0.3) is 5.56 Å². The Morgan fingerprint density at radius 2 is 1.85 bits per heavy atom. The predicted octanol–water partition coefficient (Wildman–Crippen LogP) is 5.34. The Balaban J connectivity index is 1.81. The van der Waals surface area contributed by atoms with E-state index in [-0.39, 0.29) is 12.2 Å². The van der Waals surface area contributed by atoms with Crippen LogP contribution in [-0.4, -0.2) is 9.55 Å². The fourth-order valence-corrected chi connectivity index (χ4v) is 3.61. The van der Waals surface area contributed by atoms with Gasteiger partial charge in [0.05, 0.1) is 23.5 Å². The van der Waals surface area contributed by atoms with Gasteiger partial charge in [-0.1, -0.05) is 54.1 Å². The number of hydrogen-bond donors (Lipinski definition) is 0. The summed E-state index contributed by atoms with van der Waals surface area (Å²) in [6, 6.07) is 18.6. The van der Waals surface area contributed by atoms with Gasteiger partial charge in [-0.2, -0.15) is 18.4 Å². The lowest BCUT2D eigenvalue weighted by atomic mass is 10.0. The molecule has 2 aromatic carbocycles. The molecular formula is C25H18F3N3O2. The number of aryl methyl sites for hydroxylation is 1. The van der Waals surface area contributed by atoms with Crippen molar-refractivity contribution in [3.05, 3.63) is 111 Å². The van der Waals surface area contributed by atoms with Crippen LogP contribution < -0.4 is 5.56 Å². The zero-order chi connectivity index (χ0) is 23.6. The molecule has 5 nitrogen and oxygen atoms in total. The van der Waals surface area contributed by atoms with E-state index in [2.05, 4.69) is 4.98 Å². The van der Waals surface area contributed by atoms with Gasteiger partial charge in [0.15, 0.2) is 5.89 Å². The molecular weight excluding hydrogens is 431 g/mol.